The monoisotopic (exact) mass is 334 g/mol. The van der Waals surface area contributed by atoms with Gasteiger partial charge in [-0.2, -0.15) is 5.26 Å². The zero-order chi connectivity index (χ0) is 18.1. The average Bonchev–Trinajstić information content (AvgIpc) is 2.52. The Kier molecular flexibility index (Phi) is 7.36. The normalized spacial score (nSPS) is 12.5. The zero-order valence-corrected chi connectivity index (χ0v) is 13.2. The van der Waals surface area contributed by atoms with Crippen LogP contribution in [-0.2, 0) is 20.8 Å². The summed E-state index contributed by atoms with van der Waals surface area (Å²) < 4.78 is 12.9. The van der Waals surface area contributed by atoms with Crippen molar-refractivity contribution in [1.82, 2.24) is 10.6 Å². The second kappa shape index (κ2) is 9.25. The molecule has 1 aromatic carbocycles. The number of hydrogen-bond acceptors (Lipinski definition) is 4. The third kappa shape index (κ3) is 6.44. The third-order valence-electron chi connectivity index (χ3n) is 3.25. The number of rotatable bonds is 8. The molecule has 4 N–H and O–H groups in total. The molecular weight excluding hydrogens is 315 g/mol. The lowest BCUT2D eigenvalue weighted by molar-refractivity contribution is -0.130. The minimum atomic E-state index is -0.998. The number of benzene rings is 1. The lowest BCUT2D eigenvalue weighted by Crippen LogP contribution is -2.53. The quantitative estimate of drug-likeness (QED) is 0.625. The average molecular weight is 334 g/mol. The van der Waals surface area contributed by atoms with Gasteiger partial charge in [0.25, 0.3) is 0 Å². The van der Waals surface area contributed by atoms with E-state index in [1.807, 2.05) is 6.07 Å². The number of carbonyl (C=O) groups excluding carboxylic acids is 3. The van der Waals surface area contributed by atoms with Crippen molar-refractivity contribution in [3.63, 3.8) is 0 Å². The summed E-state index contributed by atoms with van der Waals surface area (Å²) in [5.41, 5.74) is 5.84. The summed E-state index contributed by atoms with van der Waals surface area (Å²) in [5, 5.41) is 13.5. The van der Waals surface area contributed by atoms with Crippen LogP contribution in [0, 0.1) is 17.1 Å². The highest BCUT2D eigenvalue weighted by atomic mass is 19.1. The van der Waals surface area contributed by atoms with Crippen molar-refractivity contribution in [2.75, 3.05) is 0 Å². The first-order valence-corrected chi connectivity index (χ1v) is 7.31. The van der Waals surface area contributed by atoms with Crippen LogP contribution >= 0.6 is 0 Å². The zero-order valence-electron chi connectivity index (χ0n) is 13.2. The number of halogens is 1. The van der Waals surface area contributed by atoms with Gasteiger partial charge in [-0.05, 0) is 24.1 Å². The number of nitrogens with one attached hydrogen (secondary N) is 2. The van der Waals surface area contributed by atoms with E-state index in [1.54, 1.807) is 0 Å². The van der Waals surface area contributed by atoms with E-state index in [1.165, 1.54) is 31.2 Å². The largest absolute Gasteiger partial charge is 0.368 e. The van der Waals surface area contributed by atoms with E-state index in [0.29, 0.717) is 5.56 Å². The van der Waals surface area contributed by atoms with Crippen LogP contribution < -0.4 is 16.4 Å². The topological polar surface area (TPSA) is 125 Å². The van der Waals surface area contributed by atoms with E-state index < -0.39 is 35.6 Å². The Hall–Kier alpha value is -2.95. The number of hydrogen-bond donors (Lipinski definition) is 3. The first kappa shape index (κ1) is 19.1. The molecule has 8 heteroatoms. The van der Waals surface area contributed by atoms with Gasteiger partial charge in [0, 0.05) is 19.8 Å². The van der Waals surface area contributed by atoms with Gasteiger partial charge >= 0.3 is 0 Å². The van der Waals surface area contributed by atoms with Crippen molar-refractivity contribution in [3.8, 4) is 6.07 Å². The summed E-state index contributed by atoms with van der Waals surface area (Å²) in [6, 6.07) is 5.41. The molecule has 0 unspecified atom stereocenters. The predicted molar refractivity (Wildman–Crippen MR) is 83.7 cm³/mol. The summed E-state index contributed by atoms with van der Waals surface area (Å²) in [7, 11) is 0. The van der Waals surface area contributed by atoms with Crippen molar-refractivity contribution in [2.45, 2.75) is 38.3 Å². The van der Waals surface area contributed by atoms with E-state index in [-0.39, 0.29) is 19.3 Å². The molecule has 0 heterocycles. The van der Waals surface area contributed by atoms with Crippen LogP contribution in [0.2, 0.25) is 0 Å². The lowest BCUT2D eigenvalue weighted by Gasteiger charge is -2.21. The Morgan fingerprint density at radius 2 is 1.83 bits per heavy atom. The molecule has 0 spiro atoms. The summed E-state index contributed by atoms with van der Waals surface area (Å²) >= 11 is 0. The van der Waals surface area contributed by atoms with Gasteiger partial charge in [0.05, 0.1) is 6.07 Å². The Balaban J connectivity index is 2.83. The van der Waals surface area contributed by atoms with Gasteiger partial charge in [-0.1, -0.05) is 12.1 Å². The molecule has 1 rings (SSSR count). The first-order valence-electron chi connectivity index (χ1n) is 7.31. The smallest absolute Gasteiger partial charge is 0.243 e. The second-order valence-electron chi connectivity index (χ2n) is 5.24. The van der Waals surface area contributed by atoms with E-state index in [4.69, 9.17) is 11.0 Å². The fraction of sp³-hybridized carbons (Fsp3) is 0.375. The lowest BCUT2D eigenvalue weighted by atomic mass is 10.0. The van der Waals surface area contributed by atoms with E-state index in [2.05, 4.69) is 10.6 Å². The Morgan fingerprint density at radius 3 is 2.33 bits per heavy atom. The summed E-state index contributed by atoms with van der Waals surface area (Å²) in [5.74, 6) is -2.20. The molecule has 0 aliphatic rings. The summed E-state index contributed by atoms with van der Waals surface area (Å²) in [6.45, 7) is 1.26. The molecular formula is C16H19FN4O3. The standard InChI is InChI=1S/C16H19FN4O3/c1-10(22)20-14(9-11-4-6-12(17)7-5-11)16(24)21-13(15(19)23)3-2-8-18/h4-7,13-14H,2-3,9H2,1H3,(H2,19,23)(H,20,22)(H,21,24)/t13-,14-/m0/s1. The molecule has 0 saturated heterocycles. The number of nitrogens with zero attached hydrogens (tertiary/aromatic N) is 1. The van der Waals surface area contributed by atoms with Gasteiger partial charge in [-0.15, -0.1) is 0 Å². The van der Waals surface area contributed by atoms with Gasteiger partial charge in [0.2, 0.25) is 17.7 Å². The predicted octanol–water partition coefficient (Wildman–Crippen LogP) is 0.147. The van der Waals surface area contributed by atoms with Crippen molar-refractivity contribution < 1.29 is 18.8 Å². The molecule has 24 heavy (non-hydrogen) atoms. The Labute approximate surface area is 139 Å². The van der Waals surface area contributed by atoms with Gasteiger partial charge in [-0.3, -0.25) is 14.4 Å². The number of amides is 3. The number of primary amides is 1. The molecule has 7 nitrogen and oxygen atoms in total. The van der Waals surface area contributed by atoms with Gasteiger partial charge in [0.1, 0.15) is 17.9 Å². The summed E-state index contributed by atoms with van der Waals surface area (Å²) in [6.07, 6.45) is 0.257. The van der Waals surface area contributed by atoms with Crippen LogP contribution in [0.3, 0.4) is 0 Å². The maximum atomic E-state index is 12.9. The van der Waals surface area contributed by atoms with Crippen LogP contribution in [0.1, 0.15) is 25.3 Å². The second-order valence-corrected chi connectivity index (χ2v) is 5.24. The fourth-order valence-corrected chi connectivity index (χ4v) is 2.08. The highest BCUT2D eigenvalue weighted by Crippen LogP contribution is 2.07. The molecule has 0 saturated carbocycles. The van der Waals surface area contributed by atoms with Crippen LogP contribution in [0.4, 0.5) is 4.39 Å². The molecule has 1 aromatic rings. The maximum Gasteiger partial charge on any atom is 0.243 e. The molecule has 0 fully saturated rings. The highest BCUT2D eigenvalue weighted by molar-refractivity contribution is 5.91. The number of nitriles is 1. The van der Waals surface area contributed by atoms with E-state index in [0.717, 1.165) is 0 Å². The molecule has 0 aliphatic carbocycles. The van der Waals surface area contributed by atoms with Gasteiger partial charge in [0.15, 0.2) is 0 Å². The molecule has 0 aliphatic heterocycles. The summed E-state index contributed by atoms with van der Waals surface area (Å²) in [4.78, 5) is 35.0. The number of nitrogens with two attached hydrogens (primary N) is 1. The Bertz CT molecular complexity index is 640. The van der Waals surface area contributed by atoms with Crippen LogP contribution in [0.25, 0.3) is 0 Å². The molecule has 128 valence electrons. The van der Waals surface area contributed by atoms with Crippen molar-refractivity contribution >= 4 is 17.7 Å². The highest BCUT2D eigenvalue weighted by Gasteiger charge is 2.25. The number of carbonyl (C=O) groups is 3. The molecule has 0 bridgehead atoms. The SMILES string of the molecule is CC(=O)N[C@@H](Cc1ccc(F)cc1)C(=O)N[C@@H](CCC#N)C(N)=O. The molecule has 0 aromatic heterocycles. The van der Waals surface area contributed by atoms with E-state index in [9.17, 15) is 18.8 Å². The first-order chi connectivity index (χ1) is 11.3. The van der Waals surface area contributed by atoms with Crippen LogP contribution in [0.5, 0.6) is 0 Å². The van der Waals surface area contributed by atoms with E-state index >= 15 is 0 Å². The Morgan fingerprint density at radius 1 is 1.21 bits per heavy atom. The maximum absolute atomic E-state index is 12.9. The molecule has 0 radical (unpaired) electrons. The van der Waals surface area contributed by atoms with Crippen molar-refractivity contribution in [2.24, 2.45) is 5.73 Å². The molecule has 3 amide bonds. The van der Waals surface area contributed by atoms with Crippen LogP contribution in [-0.4, -0.2) is 29.8 Å². The van der Waals surface area contributed by atoms with Gasteiger partial charge < -0.3 is 16.4 Å². The fourth-order valence-electron chi connectivity index (χ4n) is 2.08. The van der Waals surface area contributed by atoms with Crippen LogP contribution in [0.15, 0.2) is 24.3 Å². The van der Waals surface area contributed by atoms with Crippen molar-refractivity contribution in [1.29, 1.82) is 5.26 Å². The molecule has 2 atom stereocenters. The minimum Gasteiger partial charge on any atom is -0.368 e. The van der Waals surface area contributed by atoms with Gasteiger partial charge in [-0.25, -0.2) is 4.39 Å². The minimum absolute atomic E-state index is 0.0522. The third-order valence-corrected chi connectivity index (χ3v) is 3.25. The van der Waals surface area contributed by atoms with Crippen molar-refractivity contribution in [3.05, 3.63) is 35.6 Å².